The van der Waals surface area contributed by atoms with E-state index >= 15 is 0 Å². The molecular weight excluding hydrogens is 403 g/mol. The van der Waals surface area contributed by atoms with Crippen molar-refractivity contribution in [1.82, 2.24) is 9.55 Å². The number of nitrogens with one attached hydrogen (secondary N) is 1. The fourth-order valence-corrected chi connectivity index (χ4v) is 3.57. The van der Waals surface area contributed by atoms with Crippen molar-refractivity contribution in [2.24, 2.45) is 11.3 Å². The molecule has 1 aliphatic rings. The molecule has 1 aromatic rings. The number of phosphoric acid groups is 1. The van der Waals surface area contributed by atoms with Gasteiger partial charge in [-0.05, 0) is 24.7 Å². The first kappa shape index (κ1) is 25.7. The van der Waals surface area contributed by atoms with Gasteiger partial charge >= 0.3 is 13.5 Å². The van der Waals surface area contributed by atoms with Gasteiger partial charge in [0.1, 0.15) is 12.3 Å². The van der Waals surface area contributed by atoms with Crippen molar-refractivity contribution in [3.8, 4) is 0 Å². The number of rotatable bonds is 5. The number of aryl methyl sites for hydroxylation is 1. The second kappa shape index (κ2) is 10.1. The molecule has 4 N–H and O–H groups in total. The zero-order chi connectivity index (χ0) is 22.6. The molecule has 10 nitrogen and oxygen atoms in total. The maximum Gasteiger partial charge on any atom is 0.469 e. The molecule has 11 heteroatoms. The third kappa shape index (κ3) is 9.37. The third-order valence-corrected chi connectivity index (χ3v) is 4.57. The Morgan fingerprint density at radius 1 is 1.34 bits per heavy atom. The molecule has 2 heterocycles. The van der Waals surface area contributed by atoms with Crippen LogP contribution in [-0.4, -0.2) is 43.3 Å². The van der Waals surface area contributed by atoms with Gasteiger partial charge in [0.05, 0.1) is 12.7 Å². The number of nitrogens with zero attached hydrogens (tertiary/aromatic N) is 1. The fraction of sp³-hybridized carbons (Fsp3) is 0.778. The van der Waals surface area contributed by atoms with Crippen LogP contribution >= 0.6 is 7.82 Å². The van der Waals surface area contributed by atoms with Gasteiger partial charge in [0, 0.05) is 18.2 Å². The summed E-state index contributed by atoms with van der Waals surface area (Å²) in [6, 6.07) is 0. The van der Waals surface area contributed by atoms with Crippen molar-refractivity contribution < 1.29 is 28.7 Å². The number of phosphoric ester groups is 1. The van der Waals surface area contributed by atoms with Crippen molar-refractivity contribution in [3.05, 3.63) is 32.6 Å². The number of aliphatic hydroxyl groups is 1. The molecule has 1 aromatic heterocycles. The van der Waals surface area contributed by atoms with E-state index in [1.54, 1.807) is 0 Å². The number of hydrogen-bond acceptors (Lipinski definition) is 6. The summed E-state index contributed by atoms with van der Waals surface area (Å²) in [5.41, 5.74) is -0.396. The van der Waals surface area contributed by atoms with E-state index in [9.17, 15) is 19.3 Å². The Kier molecular flexibility index (Phi) is 9.01. The average molecular weight is 436 g/mol. The number of hydrogen-bond donors (Lipinski definition) is 4. The van der Waals surface area contributed by atoms with Gasteiger partial charge in [0.15, 0.2) is 0 Å². The van der Waals surface area contributed by atoms with E-state index in [4.69, 9.17) is 14.5 Å². The summed E-state index contributed by atoms with van der Waals surface area (Å²) in [4.78, 5) is 42.3. The summed E-state index contributed by atoms with van der Waals surface area (Å²) in [7, 11) is -4.67. The molecule has 1 aliphatic heterocycles. The van der Waals surface area contributed by atoms with Crippen LogP contribution < -0.4 is 11.2 Å². The SMILES string of the molecule is CC(C)CC(C)(C)C.Cc1cn([C@H]2C[C@H](O)[C@@H](COP(=O)(O)O)O2)c(=O)[nH]c1=O. The van der Waals surface area contributed by atoms with Crippen LogP contribution in [-0.2, 0) is 13.8 Å². The van der Waals surface area contributed by atoms with Crippen molar-refractivity contribution in [2.45, 2.75) is 72.8 Å². The van der Waals surface area contributed by atoms with E-state index in [0.29, 0.717) is 11.0 Å². The van der Waals surface area contributed by atoms with Gasteiger partial charge in [0.25, 0.3) is 5.56 Å². The number of H-pyrrole nitrogens is 1. The van der Waals surface area contributed by atoms with Crippen molar-refractivity contribution in [2.75, 3.05) is 6.61 Å². The van der Waals surface area contributed by atoms with Crippen LogP contribution in [0.1, 0.15) is 59.3 Å². The van der Waals surface area contributed by atoms with Gasteiger partial charge in [-0.3, -0.25) is 18.9 Å². The summed E-state index contributed by atoms with van der Waals surface area (Å²) in [6.07, 6.45) is -0.242. The van der Waals surface area contributed by atoms with Crippen LogP contribution in [0.4, 0.5) is 0 Å². The topological polar surface area (TPSA) is 151 Å². The van der Waals surface area contributed by atoms with Gasteiger partial charge < -0.3 is 19.6 Å². The van der Waals surface area contributed by atoms with E-state index in [-0.39, 0.29) is 6.42 Å². The number of aromatic amines is 1. The Labute approximate surface area is 170 Å². The molecule has 0 bridgehead atoms. The molecule has 2 rings (SSSR count). The Bertz CT molecular complexity index is 820. The molecule has 29 heavy (non-hydrogen) atoms. The minimum absolute atomic E-state index is 0.0283. The average Bonchev–Trinajstić information content (AvgIpc) is 2.87. The van der Waals surface area contributed by atoms with Gasteiger partial charge in [-0.15, -0.1) is 0 Å². The third-order valence-electron chi connectivity index (χ3n) is 4.09. The summed E-state index contributed by atoms with van der Waals surface area (Å²) in [6.45, 7) is 12.4. The van der Waals surface area contributed by atoms with Gasteiger partial charge in [0.2, 0.25) is 0 Å². The van der Waals surface area contributed by atoms with E-state index in [2.05, 4.69) is 44.1 Å². The molecule has 168 valence electrons. The monoisotopic (exact) mass is 436 g/mol. The maximum absolute atomic E-state index is 11.7. The first-order valence-corrected chi connectivity index (χ1v) is 11.0. The first-order valence-electron chi connectivity index (χ1n) is 9.44. The number of ether oxygens (including phenoxy) is 1. The van der Waals surface area contributed by atoms with Crippen LogP contribution in [0, 0.1) is 18.3 Å². The molecular formula is C18H33N2O8P. The Morgan fingerprint density at radius 2 is 1.93 bits per heavy atom. The number of aliphatic hydroxyl groups excluding tert-OH is 1. The van der Waals surface area contributed by atoms with Gasteiger partial charge in [-0.1, -0.05) is 34.6 Å². The standard InChI is InChI=1S/C10H15N2O8P.C8H18/c1-5-3-12(10(15)11-9(5)14)8-2-6(13)7(20-8)4-19-21(16,17)18;1-7(2)6-8(3,4)5/h3,6-8,13H,2,4H2,1H3,(H,11,14,15)(H2,16,17,18);7H,6H2,1-5H3/t6-,7+,8+;/m0./s1. The summed E-state index contributed by atoms with van der Waals surface area (Å²) in [5.74, 6) is 0.843. The van der Waals surface area contributed by atoms with Crippen LogP contribution in [0.5, 0.6) is 0 Å². The lowest BCUT2D eigenvalue weighted by molar-refractivity contribution is -0.0451. The van der Waals surface area contributed by atoms with Crippen molar-refractivity contribution in [1.29, 1.82) is 0 Å². The van der Waals surface area contributed by atoms with Crippen molar-refractivity contribution >= 4 is 7.82 Å². The molecule has 1 fully saturated rings. The van der Waals surface area contributed by atoms with Gasteiger partial charge in [-0.25, -0.2) is 9.36 Å². The lowest BCUT2D eigenvalue weighted by atomic mass is 9.86. The predicted octanol–water partition coefficient (Wildman–Crippen LogP) is 1.68. The zero-order valence-electron chi connectivity index (χ0n) is 17.8. The molecule has 1 saturated heterocycles. The highest BCUT2D eigenvalue weighted by atomic mass is 31.2. The Morgan fingerprint density at radius 3 is 2.38 bits per heavy atom. The summed E-state index contributed by atoms with van der Waals surface area (Å²) < 4.78 is 21.4. The van der Waals surface area contributed by atoms with E-state index in [1.807, 2.05) is 0 Å². The summed E-state index contributed by atoms with van der Waals surface area (Å²) in [5, 5.41) is 9.79. The Balaban J connectivity index is 0.000000447. The van der Waals surface area contributed by atoms with E-state index < -0.39 is 44.1 Å². The van der Waals surface area contributed by atoms with Crippen LogP contribution in [0.3, 0.4) is 0 Å². The summed E-state index contributed by atoms with van der Waals surface area (Å²) >= 11 is 0. The van der Waals surface area contributed by atoms with Gasteiger partial charge in [-0.2, -0.15) is 0 Å². The molecule has 0 saturated carbocycles. The second-order valence-electron chi connectivity index (χ2n) is 8.86. The largest absolute Gasteiger partial charge is 0.469 e. The normalized spacial score (nSPS) is 22.5. The number of aromatic nitrogens is 2. The Hall–Kier alpha value is -1.29. The van der Waals surface area contributed by atoms with Crippen molar-refractivity contribution in [3.63, 3.8) is 0 Å². The minimum atomic E-state index is -4.67. The maximum atomic E-state index is 11.7. The first-order chi connectivity index (χ1) is 13.1. The molecule has 0 aromatic carbocycles. The highest BCUT2D eigenvalue weighted by Crippen LogP contribution is 2.38. The zero-order valence-corrected chi connectivity index (χ0v) is 18.7. The highest BCUT2D eigenvalue weighted by Gasteiger charge is 2.37. The molecule has 0 radical (unpaired) electrons. The van der Waals surface area contributed by atoms with Crippen LogP contribution in [0.2, 0.25) is 0 Å². The fourth-order valence-electron chi connectivity index (χ4n) is 3.23. The molecule has 0 unspecified atom stereocenters. The molecule has 0 amide bonds. The van der Waals surface area contributed by atoms with E-state index in [0.717, 1.165) is 10.5 Å². The minimum Gasteiger partial charge on any atom is -0.390 e. The smallest absolute Gasteiger partial charge is 0.390 e. The lowest BCUT2D eigenvalue weighted by Crippen LogP contribution is -2.33. The van der Waals surface area contributed by atoms with Crippen LogP contribution in [0.25, 0.3) is 0 Å². The quantitative estimate of drug-likeness (QED) is 0.509. The lowest BCUT2D eigenvalue weighted by Gasteiger charge is -2.19. The molecule has 0 spiro atoms. The molecule has 0 aliphatic carbocycles. The predicted molar refractivity (Wildman–Crippen MR) is 107 cm³/mol. The van der Waals surface area contributed by atoms with E-state index in [1.165, 1.54) is 19.5 Å². The van der Waals surface area contributed by atoms with Crippen LogP contribution in [0.15, 0.2) is 15.8 Å². The highest BCUT2D eigenvalue weighted by molar-refractivity contribution is 7.46. The second-order valence-corrected chi connectivity index (χ2v) is 10.1. The molecule has 3 atom stereocenters.